The van der Waals surface area contributed by atoms with Crippen molar-refractivity contribution in [2.24, 2.45) is 0 Å². The van der Waals surface area contributed by atoms with E-state index in [1.54, 1.807) is 6.20 Å². The van der Waals surface area contributed by atoms with Crippen LogP contribution in [0.1, 0.15) is 26.2 Å². The summed E-state index contributed by atoms with van der Waals surface area (Å²) in [5.41, 5.74) is 4.20. The maximum absolute atomic E-state index is 13.4. The Hall–Kier alpha value is -2.98. The molecule has 6 heterocycles. The lowest BCUT2D eigenvalue weighted by atomic mass is 10.0. The quantitative estimate of drug-likeness (QED) is 0.668. The fourth-order valence-corrected chi connectivity index (χ4v) is 5.08. The van der Waals surface area contributed by atoms with Gasteiger partial charge in [0.2, 0.25) is 5.91 Å². The highest BCUT2D eigenvalue weighted by atomic mass is 16.5. The zero-order valence-electron chi connectivity index (χ0n) is 18.2. The number of carbonyl (C=O) groups is 1. The summed E-state index contributed by atoms with van der Waals surface area (Å²) in [6, 6.07) is 4.31. The van der Waals surface area contributed by atoms with Crippen LogP contribution in [-0.2, 0) is 20.8 Å². The van der Waals surface area contributed by atoms with E-state index in [4.69, 9.17) is 19.6 Å². The first-order valence-electron chi connectivity index (χ1n) is 11.4. The molecule has 2 fully saturated rings. The Morgan fingerprint density at radius 2 is 2.03 bits per heavy atom. The van der Waals surface area contributed by atoms with Crippen molar-refractivity contribution >= 4 is 28.4 Å². The molecule has 2 saturated heterocycles. The van der Waals surface area contributed by atoms with Crippen molar-refractivity contribution in [1.29, 1.82) is 0 Å². The Morgan fingerprint density at radius 3 is 2.81 bits per heavy atom. The molecule has 0 bridgehead atoms. The molecule has 10 nitrogen and oxygen atoms in total. The number of H-pyrrole nitrogens is 1. The molecule has 3 aromatic heterocycles. The zero-order valence-corrected chi connectivity index (χ0v) is 18.2. The standard InChI is InChI=1S/C22H27N7O3/c1-14-13-32-11-8-27(14)18-12-17-22-21(24-18)20(16-2-6-23-25-16)26-28(22)7-3-19(30)29(17)15-4-9-31-10-5-15/h2,6,12,14-15H,3-5,7-11,13H2,1H3,(H,23,25)/t14-/m1/s1. The van der Waals surface area contributed by atoms with Crippen LogP contribution in [0.3, 0.4) is 0 Å². The largest absolute Gasteiger partial charge is 0.381 e. The lowest BCUT2D eigenvalue weighted by molar-refractivity contribution is -0.119. The number of nitrogens with one attached hydrogen (secondary N) is 1. The van der Waals surface area contributed by atoms with Crippen LogP contribution in [0.25, 0.3) is 22.4 Å². The topological polar surface area (TPSA) is 101 Å². The number of pyridine rings is 1. The van der Waals surface area contributed by atoms with Gasteiger partial charge in [0.15, 0.2) is 0 Å². The van der Waals surface area contributed by atoms with Gasteiger partial charge in [-0.2, -0.15) is 10.2 Å². The van der Waals surface area contributed by atoms with Gasteiger partial charge in [0.05, 0.1) is 37.2 Å². The Bertz CT molecular complexity index is 1140. The van der Waals surface area contributed by atoms with Gasteiger partial charge < -0.3 is 19.3 Å². The number of hydrogen-bond acceptors (Lipinski definition) is 7. The second-order valence-corrected chi connectivity index (χ2v) is 8.71. The van der Waals surface area contributed by atoms with E-state index in [0.29, 0.717) is 39.4 Å². The van der Waals surface area contributed by atoms with Gasteiger partial charge in [-0.3, -0.25) is 14.6 Å². The summed E-state index contributed by atoms with van der Waals surface area (Å²) in [4.78, 5) is 22.7. The molecular formula is C22H27N7O3. The van der Waals surface area contributed by atoms with Crippen molar-refractivity contribution in [3.05, 3.63) is 18.3 Å². The van der Waals surface area contributed by atoms with Crippen LogP contribution < -0.4 is 9.80 Å². The summed E-state index contributed by atoms with van der Waals surface area (Å²) in [6.07, 6.45) is 3.80. The minimum atomic E-state index is 0.119. The number of aromatic amines is 1. The molecule has 0 aromatic carbocycles. The minimum Gasteiger partial charge on any atom is -0.381 e. The minimum absolute atomic E-state index is 0.119. The Labute approximate surface area is 185 Å². The van der Waals surface area contributed by atoms with Crippen LogP contribution in [0.4, 0.5) is 11.5 Å². The van der Waals surface area contributed by atoms with Crippen molar-refractivity contribution in [2.75, 3.05) is 42.8 Å². The van der Waals surface area contributed by atoms with Crippen LogP contribution in [0, 0.1) is 0 Å². The summed E-state index contributed by atoms with van der Waals surface area (Å²) in [5.74, 6) is 0.995. The molecule has 3 aliphatic heterocycles. The fourth-order valence-electron chi connectivity index (χ4n) is 5.08. The molecule has 10 heteroatoms. The predicted octanol–water partition coefficient (Wildman–Crippen LogP) is 1.96. The Balaban J connectivity index is 1.58. The summed E-state index contributed by atoms with van der Waals surface area (Å²) in [5, 5.41) is 12.0. The number of aromatic nitrogens is 5. The van der Waals surface area contributed by atoms with Crippen LogP contribution >= 0.6 is 0 Å². The van der Waals surface area contributed by atoms with Crippen molar-refractivity contribution < 1.29 is 14.3 Å². The van der Waals surface area contributed by atoms with Gasteiger partial charge in [0, 0.05) is 44.5 Å². The van der Waals surface area contributed by atoms with Crippen LogP contribution in [0.2, 0.25) is 0 Å². The monoisotopic (exact) mass is 437 g/mol. The molecular weight excluding hydrogens is 410 g/mol. The third-order valence-electron chi connectivity index (χ3n) is 6.70. The van der Waals surface area contributed by atoms with Crippen LogP contribution in [0.15, 0.2) is 18.3 Å². The molecule has 0 saturated carbocycles. The molecule has 6 rings (SSSR count). The highest BCUT2D eigenvalue weighted by Gasteiger charge is 2.34. The van der Waals surface area contributed by atoms with E-state index in [1.807, 2.05) is 15.6 Å². The number of carbonyl (C=O) groups excluding carboxylic acids is 1. The van der Waals surface area contributed by atoms with E-state index in [-0.39, 0.29) is 18.0 Å². The summed E-state index contributed by atoms with van der Waals surface area (Å²) in [6.45, 7) is 6.11. The van der Waals surface area contributed by atoms with E-state index in [2.05, 4.69) is 28.1 Å². The Kier molecular flexibility index (Phi) is 4.83. The molecule has 1 atom stereocenters. The van der Waals surface area contributed by atoms with Gasteiger partial charge in [-0.15, -0.1) is 0 Å². The summed E-state index contributed by atoms with van der Waals surface area (Å²) < 4.78 is 13.2. The van der Waals surface area contributed by atoms with E-state index >= 15 is 0 Å². The Morgan fingerprint density at radius 1 is 1.16 bits per heavy atom. The second-order valence-electron chi connectivity index (χ2n) is 8.71. The average molecular weight is 438 g/mol. The molecule has 32 heavy (non-hydrogen) atoms. The van der Waals surface area contributed by atoms with E-state index in [1.165, 1.54) is 0 Å². The zero-order chi connectivity index (χ0) is 21.7. The first-order valence-corrected chi connectivity index (χ1v) is 11.4. The van der Waals surface area contributed by atoms with Gasteiger partial charge in [0.1, 0.15) is 22.5 Å². The molecule has 1 N–H and O–H groups in total. The molecule has 3 aromatic rings. The molecule has 0 radical (unpaired) electrons. The SMILES string of the molecule is C[C@@H]1COCCN1c1cc2c3c(n1)c(-c1ccn[nH]1)nn3CCC(=O)N2C1CCOCC1. The summed E-state index contributed by atoms with van der Waals surface area (Å²) >= 11 is 0. The molecule has 3 aliphatic rings. The van der Waals surface area contributed by atoms with Crippen LogP contribution in [0.5, 0.6) is 0 Å². The lowest BCUT2D eigenvalue weighted by Gasteiger charge is -2.36. The third-order valence-corrected chi connectivity index (χ3v) is 6.70. The fraction of sp³-hybridized carbons (Fsp3) is 0.545. The highest BCUT2D eigenvalue weighted by molar-refractivity contribution is 6.06. The van der Waals surface area contributed by atoms with Crippen molar-refractivity contribution in [3.8, 4) is 11.4 Å². The number of ether oxygens (including phenoxy) is 2. The number of rotatable bonds is 3. The second kappa shape index (κ2) is 7.86. The van der Waals surface area contributed by atoms with Crippen molar-refractivity contribution in [3.63, 3.8) is 0 Å². The average Bonchev–Trinajstić information content (AvgIpc) is 3.44. The van der Waals surface area contributed by atoms with Crippen molar-refractivity contribution in [2.45, 2.75) is 44.8 Å². The third kappa shape index (κ3) is 3.17. The molecule has 0 spiro atoms. The predicted molar refractivity (Wildman–Crippen MR) is 119 cm³/mol. The smallest absolute Gasteiger partial charge is 0.229 e. The first-order chi connectivity index (χ1) is 15.7. The van der Waals surface area contributed by atoms with Gasteiger partial charge in [-0.1, -0.05) is 0 Å². The number of nitrogens with zero attached hydrogens (tertiary/aromatic N) is 6. The van der Waals surface area contributed by atoms with Crippen molar-refractivity contribution in [1.82, 2.24) is 25.0 Å². The maximum Gasteiger partial charge on any atom is 0.229 e. The van der Waals surface area contributed by atoms with E-state index in [0.717, 1.165) is 53.3 Å². The number of morpholine rings is 1. The number of amides is 1. The van der Waals surface area contributed by atoms with Gasteiger partial charge in [-0.25, -0.2) is 4.98 Å². The number of aryl methyl sites for hydroxylation is 1. The van der Waals surface area contributed by atoms with E-state index < -0.39 is 0 Å². The lowest BCUT2D eigenvalue weighted by Crippen LogP contribution is -2.45. The van der Waals surface area contributed by atoms with Crippen LogP contribution in [-0.4, -0.2) is 75.9 Å². The normalized spacial score (nSPS) is 22.5. The molecule has 0 aliphatic carbocycles. The molecule has 1 amide bonds. The number of hydrogen-bond donors (Lipinski definition) is 1. The summed E-state index contributed by atoms with van der Waals surface area (Å²) in [7, 11) is 0. The van der Waals surface area contributed by atoms with Gasteiger partial charge in [0.25, 0.3) is 0 Å². The number of anilines is 2. The van der Waals surface area contributed by atoms with Gasteiger partial charge in [-0.05, 0) is 25.8 Å². The highest BCUT2D eigenvalue weighted by Crippen LogP contribution is 2.39. The molecule has 168 valence electrons. The van der Waals surface area contributed by atoms with Gasteiger partial charge >= 0.3 is 0 Å². The molecule has 0 unspecified atom stereocenters. The first kappa shape index (κ1) is 19.7. The maximum atomic E-state index is 13.4. The van der Waals surface area contributed by atoms with E-state index in [9.17, 15) is 4.79 Å².